The highest BCUT2D eigenvalue weighted by atomic mass is 19.4. The van der Waals surface area contributed by atoms with Crippen molar-refractivity contribution in [3.8, 4) is 5.75 Å². The van der Waals surface area contributed by atoms with Gasteiger partial charge in [0.15, 0.2) is 0 Å². The van der Waals surface area contributed by atoms with Crippen LogP contribution in [0.2, 0.25) is 0 Å². The SMILES string of the molecule is O=[N+]([O-])Cc1cccc(OC(F)(F)F)c1. The number of hydrogen-bond donors (Lipinski definition) is 0. The molecular formula is C8H6F3NO3. The van der Waals surface area contributed by atoms with E-state index in [0.29, 0.717) is 0 Å². The second-order valence-electron chi connectivity index (χ2n) is 2.69. The zero-order valence-electron chi connectivity index (χ0n) is 7.32. The number of nitrogens with zero attached hydrogens (tertiary/aromatic N) is 1. The van der Waals surface area contributed by atoms with E-state index in [4.69, 9.17) is 0 Å². The van der Waals surface area contributed by atoms with Crippen LogP contribution in [0, 0.1) is 10.1 Å². The monoisotopic (exact) mass is 221 g/mol. The predicted octanol–water partition coefficient (Wildman–Crippen LogP) is 2.36. The number of ether oxygens (including phenoxy) is 1. The molecule has 82 valence electrons. The maximum absolute atomic E-state index is 11.8. The zero-order valence-corrected chi connectivity index (χ0v) is 7.32. The molecule has 1 aromatic carbocycles. The zero-order chi connectivity index (χ0) is 11.5. The third-order valence-electron chi connectivity index (χ3n) is 1.44. The van der Waals surface area contributed by atoms with Crippen molar-refractivity contribution in [1.82, 2.24) is 0 Å². The Labute approximate surface area is 82.4 Å². The molecule has 0 aromatic heterocycles. The van der Waals surface area contributed by atoms with Gasteiger partial charge in [0.25, 0.3) is 0 Å². The van der Waals surface area contributed by atoms with E-state index in [1.54, 1.807) is 0 Å². The summed E-state index contributed by atoms with van der Waals surface area (Å²) < 4.78 is 38.9. The molecule has 0 N–H and O–H groups in total. The first kappa shape index (κ1) is 11.3. The summed E-state index contributed by atoms with van der Waals surface area (Å²) in [5, 5.41) is 10.1. The van der Waals surface area contributed by atoms with Crippen LogP contribution in [0.3, 0.4) is 0 Å². The van der Waals surface area contributed by atoms with Crippen molar-refractivity contribution in [3.63, 3.8) is 0 Å². The Kier molecular flexibility index (Phi) is 3.13. The smallest absolute Gasteiger partial charge is 0.406 e. The number of benzene rings is 1. The van der Waals surface area contributed by atoms with Crippen LogP contribution in [0.1, 0.15) is 5.56 Å². The van der Waals surface area contributed by atoms with Crippen LogP contribution in [0.25, 0.3) is 0 Å². The van der Waals surface area contributed by atoms with Gasteiger partial charge in [-0.15, -0.1) is 13.2 Å². The first-order valence-electron chi connectivity index (χ1n) is 3.83. The van der Waals surface area contributed by atoms with E-state index in [2.05, 4.69) is 4.74 Å². The molecule has 1 aromatic rings. The van der Waals surface area contributed by atoms with Crippen molar-refractivity contribution in [2.24, 2.45) is 0 Å². The van der Waals surface area contributed by atoms with Crippen molar-refractivity contribution in [1.29, 1.82) is 0 Å². The first-order chi connectivity index (χ1) is 6.87. The van der Waals surface area contributed by atoms with Crippen LogP contribution in [0.4, 0.5) is 13.2 Å². The standard InChI is InChI=1S/C8H6F3NO3/c9-8(10,11)15-7-3-1-2-6(4-7)5-12(13)14/h1-4H,5H2. The molecular weight excluding hydrogens is 215 g/mol. The number of alkyl halides is 3. The molecule has 4 nitrogen and oxygen atoms in total. The minimum absolute atomic E-state index is 0.154. The maximum Gasteiger partial charge on any atom is 0.573 e. The van der Waals surface area contributed by atoms with Crippen molar-refractivity contribution in [3.05, 3.63) is 39.9 Å². The normalized spacial score (nSPS) is 11.1. The van der Waals surface area contributed by atoms with Gasteiger partial charge in [-0.05, 0) is 12.1 Å². The Morgan fingerprint density at radius 2 is 2.07 bits per heavy atom. The Hall–Kier alpha value is -1.79. The molecule has 0 aliphatic heterocycles. The van der Waals surface area contributed by atoms with Gasteiger partial charge in [-0.1, -0.05) is 12.1 Å². The maximum atomic E-state index is 11.8. The van der Waals surface area contributed by atoms with Gasteiger partial charge < -0.3 is 4.74 Å². The lowest BCUT2D eigenvalue weighted by atomic mass is 10.2. The van der Waals surface area contributed by atoms with E-state index in [1.807, 2.05) is 0 Å². The first-order valence-corrected chi connectivity index (χ1v) is 3.83. The van der Waals surface area contributed by atoms with Crippen molar-refractivity contribution < 1.29 is 22.8 Å². The summed E-state index contributed by atoms with van der Waals surface area (Å²) in [5.41, 5.74) is 0.154. The summed E-state index contributed by atoms with van der Waals surface area (Å²) in [5.74, 6) is -0.457. The Morgan fingerprint density at radius 1 is 1.40 bits per heavy atom. The molecule has 0 fully saturated rings. The number of rotatable bonds is 3. The molecule has 0 amide bonds. The van der Waals surface area contributed by atoms with Crippen LogP contribution in [-0.2, 0) is 6.54 Å². The summed E-state index contributed by atoms with van der Waals surface area (Å²) in [6.07, 6.45) is -4.78. The summed E-state index contributed by atoms with van der Waals surface area (Å²) >= 11 is 0. The highest BCUT2D eigenvalue weighted by Crippen LogP contribution is 2.23. The van der Waals surface area contributed by atoms with Crippen LogP contribution < -0.4 is 4.74 Å². The molecule has 0 atom stereocenters. The van der Waals surface area contributed by atoms with Crippen LogP contribution in [0.5, 0.6) is 5.75 Å². The molecule has 0 saturated carbocycles. The molecule has 0 aliphatic rings. The fraction of sp³-hybridized carbons (Fsp3) is 0.250. The number of nitro groups is 1. The highest BCUT2D eigenvalue weighted by molar-refractivity contribution is 5.28. The molecule has 0 radical (unpaired) electrons. The van der Waals surface area contributed by atoms with Crippen LogP contribution >= 0.6 is 0 Å². The molecule has 0 bridgehead atoms. The average Bonchev–Trinajstić information content (AvgIpc) is 1.99. The minimum Gasteiger partial charge on any atom is -0.406 e. The average molecular weight is 221 g/mol. The second kappa shape index (κ2) is 4.16. The molecule has 0 unspecified atom stereocenters. The van der Waals surface area contributed by atoms with E-state index in [9.17, 15) is 23.3 Å². The Morgan fingerprint density at radius 3 is 2.60 bits per heavy atom. The van der Waals surface area contributed by atoms with Crippen LogP contribution in [-0.4, -0.2) is 11.3 Å². The third kappa shape index (κ3) is 4.30. The lowest BCUT2D eigenvalue weighted by molar-refractivity contribution is -0.496. The van der Waals surface area contributed by atoms with E-state index in [-0.39, 0.29) is 5.56 Å². The van der Waals surface area contributed by atoms with Gasteiger partial charge in [-0.2, -0.15) is 0 Å². The van der Waals surface area contributed by atoms with Crippen LogP contribution in [0.15, 0.2) is 24.3 Å². The van der Waals surface area contributed by atoms with Gasteiger partial charge in [-0.3, -0.25) is 10.1 Å². The van der Waals surface area contributed by atoms with E-state index >= 15 is 0 Å². The van der Waals surface area contributed by atoms with Gasteiger partial charge in [0.1, 0.15) is 5.75 Å². The highest BCUT2D eigenvalue weighted by Gasteiger charge is 2.31. The summed E-state index contributed by atoms with van der Waals surface area (Å²) in [4.78, 5) is 9.48. The van der Waals surface area contributed by atoms with Gasteiger partial charge in [0.2, 0.25) is 6.54 Å². The molecule has 15 heavy (non-hydrogen) atoms. The molecule has 0 saturated heterocycles. The lowest BCUT2D eigenvalue weighted by Gasteiger charge is -2.08. The van der Waals surface area contributed by atoms with Crippen molar-refractivity contribution in [2.75, 3.05) is 0 Å². The van der Waals surface area contributed by atoms with E-state index < -0.39 is 23.6 Å². The van der Waals surface area contributed by atoms with E-state index in [0.717, 1.165) is 12.1 Å². The third-order valence-corrected chi connectivity index (χ3v) is 1.44. The van der Waals surface area contributed by atoms with Gasteiger partial charge in [0, 0.05) is 10.5 Å². The summed E-state index contributed by atoms with van der Waals surface area (Å²) in [7, 11) is 0. The van der Waals surface area contributed by atoms with Crippen molar-refractivity contribution in [2.45, 2.75) is 12.9 Å². The van der Waals surface area contributed by atoms with Gasteiger partial charge in [0.05, 0.1) is 0 Å². The Balaban J connectivity index is 2.79. The summed E-state index contributed by atoms with van der Waals surface area (Å²) in [6.45, 7) is -0.533. The second-order valence-corrected chi connectivity index (χ2v) is 2.69. The number of hydrogen-bond acceptors (Lipinski definition) is 3. The molecule has 0 heterocycles. The summed E-state index contributed by atoms with van der Waals surface area (Å²) in [6, 6.07) is 4.68. The fourth-order valence-electron chi connectivity index (χ4n) is 0.990. The quantitative estimate of drug-likeness (QED) is 0.581. The lowest BCUT2D eigenvalue weighted by Crippen LogP contribution is -2.17. The Bertz CT molecular complexity index is 364. The molecule has 0 aliphatic carbocycles. The fourth-order valence-corrected chi connectivity index (χ4v) is 0.990. The van der Waals surface area contributed by atoms with Crippen molar-refractivity contribution >= 4 is 0 Å². The molecule has 1 rings (SSSR count). The number of halogens is 3. The largest absolute Gasteiger partial charge is 0.573 e. The predicted molar refractivity (Wildman–Crippen MR) is 43.8 cm³/mol. The van der Waals surface area contributed by atoms with Gasteiger partial charge in [-0.25, -0.2) is 0 Å². The van der Waals surface area contributed by atoms with E-state index in [1.165, 1.54) is 12.1 Å². The topological polar surface area (TPSA) is 52.4 Å². The van der Waals surface area contributed by atoms with Gasteiger partial charge >= 0.3 is 6.36 Å². The molecule has 0 spiro atoms. The molecule has 7 heteroatoms. The minimum atomic E-state index is -4.78.